The summed E-state index contributed by atoms with van der Waals surface area (Å²) in [5.74, 6) is -0.306. The highest BCUT2D eigenvalue weighted by Gasteiger charge is 2.18. The van der Waals surface area contributed by atoms with E-state index in [1.54, 1.807) is 31.2 Å². The number of benzene rings is 1. The number of ketones is 1. The number of rotatable bonds is 6. The first kappa shape index (κ1) is 20.3. The number of allylic oxidation sites excluding steroid dienone is 1. The Kier molecular flexibility index (Phi) is 5.84. The lowest BCUT2D eigenvalue weighted by molar-refractivity contribution is 0.0605. The summed E-state index contributed by atoms with van der Waals surface area (Å²) in [7, 11) is 4.19. The van der Waals surface area contributed by atoms with E-state index in [2.05, 4.69) is 4.98 Å². The third-order valence-corrected chi connectivity index (χ3v) is 5.57. The van der Waals surface area contributed by atoms with Gasteiger partial charge in [-0.1, -0.05) is 6.08 Å². The van der Waals surface area contributed by atoms with Gasteiger partial charge in [0.2, 0.25) is 5.75 Å². The Morgan fingerprint density at radius 2 is 1.76 bits per heavy atom. The summed E-state index contributed by atoms with van der Waals surface area (Å²) in [6.07, 6.45) is 4.47. The molecule has 0 aliphatic carbocycles. The summed E-state index contributed by atoms with van der Waals surface area (Å²) in [5.41, 5.74) is 1.75. The lowest BCUT2D eigenvalue weighted by atomic mass is 10.1. The van der Waals surface area contributed by atoms with Crippen LogP contribution in [0.4, 0.5) is 0 Å². The molecule has 0 bridgehead atoms. The van der Waals surface area contributed by atoms with Crippen LogP contribution < -0.4 is 9.47 Å². The largest absolute Gasteiger partial charge is 0.502 e. The number of methoxy groups -OCH3 is 3. The summed E-state index contributed by atoms with van der Waals surface area (Å²) in [6, 6.07) is 4.90. The highest BCUT2D eigenvalue weighted by molar-refractivity contribution is 7.20. The van der Waals surface area contributed by atoms with Crippen LogP contribution >= 0.6 is 11.3 Å². The van der Waals surface area contributed by atoms with Crippen molar-refractivity contribution in [2.24, 2.45) is 0 Å². The number of hydrogen-bond donors (Lipinski definition) is 1. The molecule has 0 atom stereocenters. The van der Waals surface area contributed by atoms with Crippen molar-refractivity contribution in [3.63, 3.8) is 0 Å². The van der Waals surface area contributed by atoms with Crippen molar-refractivity contribution >= 4 is 39.4 Å². The number of aromatic nitrogens is 1. The highest BCUT2D eigenvalue weighted by Crippen LogP contribution is 2.37. The average Bonchev–Trinajstić information content (AvgIpc) is 3.08. The minimum Gasteiger partial charge on any atom is -0.502 e. The molecule has 0 unspecified atom stereocenters. The van der Waals surface area contributed by atoms with Crippen LogP contribution in [0.1, 0.15) is 31.2 Å². The van der Waals surface area contributed by atoms with Gasteiger partial charge in [0.15, 0.2) is 17.3 Å². The zero-order valence-corrected chi connectivity index (χ0v) is 17.1. The van der Waals surface area contributed by atoms with Gasteiger partial charge in [-0.15, -0.1) is 11.3 Å². The van der Waals surface area contributed by atoms with Gasteiger partial charge in [0.1, 0.15) is 9.71 Å². The number of aromatic hydroxyl groups is 1. The van der Waals surface area contributed by atoms with Crippen LogP contribution in [0.5, 0.6) is 17.2 Å². The molecule has 0 fully saturated rings. The molecular weight excluding hydrogens is 394 g/mol. The molecule has 1 N–H and O–H groups in total. The fourth-order valence-corrected chi connectivity index (χ4v) is 3.85. The SMILES string of the molecule is COC(=O)c1sc2ncc(C(=O)C=Cc3cc(OC)c(O)c(OC)c3)cc2c1C. The number of aryl methyl sites for hydroxylation is 1. The van der Waals surface area contributed by atoms with Crippen LogP contribution in [0, 0.1) is 6.92 Å². The van der Waals surface area contributed by atoms with Crippen LogP contribution in [0.25, 0.3) is 16.3 Å². The number of pyridine rings is 1. The predicted octanol–water partition coefficient (Wildman–Crippen LogP) is 4.01. The molecule has 0 aliphatic heterocycles. The van der Waals surface area contributed by atoms with Crippen molar-refractivity contribution in [1.82, 2.24) is 4.98 Å². The van der Waals surface area contributed by atoms with Gasteiger partial charge in [-0.2, -0.15) is 0 Å². The molecular formula is C21H19NO6S. The van der Waals surface area contributed by atoms with E-state index < -0.39 is 5.97 Å². The number of fused-ring (bicyclic) bond motifs is 1. The molecule has 0 aliphatic rings. The molecule has 3 rings (SSSR count). The van der Waals surface area contributed by atoms with Crippen LogP contribution in [-0.4, -0.2) is 43.2 Å². The standard InChI is InChI=1S/C21H19NO6S/c1-11-14-9-13(10-22-20(14)29-19(11)21(25)28-4)15(23)6-5-12-7-16(26-2)18(24)17(8-12)27-3/h5-10,24H,1-4H3. The van der Waals surface area contributed by atoms with E-state index in [1.165, 1.54) is 44.9 Å². The van der Waals surface area contributed by atoms with Crippen molar-refractivity contribution in [2.75, 3.05) is 21.3 Å². The molecule has 0 saturated carbocycles. The Morgan fingerprint density at radius 1 is 1.10 bits per heavy atom. The quantitative estimate of drug-likeness (QED) is 0.371. The minimum atomic E-state index is -0.423. The van der Waals surface area contributed by atoms with E-state index >= 15 is 0 Å². The van der Waals surface area contributed by atoms with E-state index in [0.717, 1.165) is 10.9 Å². The van der Waals surface area contributed by atoms with Gasteiger partial charge in [-0.25, -0.2) is 9.78 Å². The van der Waals surface area contributed by atoms with Gasteiger partial charge in [-0.3, -0.25) is 4.79 Å². The maximum Gasteiger partial charge on any atom is 0.348 e. The van der Waals surface area contributed by atoms with Gasteiger partial charge in [0, 0.05) is 17.1 Å². The Bertz CT molecular complexity index is 1110. The number of ether oxygens (including phenoxy) is 3. The molecule has 150 valence electrons. The number of thiophene rings is 1. The molecule has 1 aromatic carbocycles. The van der Waals surface area contributed by atoms with Crippen LogP contribution in [0.3, 0.4) is 0 Å². The summed E-state index contributed by atoms with van der Waals surface area (Å²) < 4.78 is 15.0. The Hall–Kier alpha value is -3.39. The fraction of sp³-hybridized carbons (Fsp3) is 0.190. The molecule has 0 radical (unpaired) electrons. The number of hydrogen-bond acceptors (Lipinski definition) is 8. The second-order valence-electron chi connectivity index (χ2n) is 6.10. The van der Waals surface area contributed by atoms with E-state index in [1.807, 2.05) is 0 Å². The Balaban J connectivity index is 1.92. The number of carbonyl (C=O) groups excluding carboxylic acids is 2. The zero-order chi connectivity index (χ0) is 21.1. The van der Waals surface area contributed by atoms with Gasteiger partial charge in [0.25, 0.3) is 0 Å². The van der Waals surface area contributed by atoms with Crippen LogP contribution in [-0.2, 0) is 4.74 Å². The highest BCUT2D eigenvalue weighted by atomic mass is 32.1. The first-order chi connectivity index (χ1) is 13.9. The van der Waals surface area contributed by atoms with Gasteiger partial charge in [0.05, 0.1) is 21.3 Å². The molecule has 0 spiro atoms. The van der Waals surface area contributed by atoms with Crippen molar-refractivity contribution in [1.29, 1.82) is 0 Å². The molecule has 8 heteroatoms. The fourth-order valence-electron chi connectivity index (χ4n) is 2.80. The molecule has 0 saturated heterocycles. The van der Waals surface area contributed by atoms with Gasteiger partial charge < -0.3 is 19.3 Å². The lowest BCUT2D eigenvalue weighted by Gasteiger charge is -2.09. The molecule has 2 aromatic heterocycles. The second kappa shape index (κ2) is 8.32. The van der Waals surface area contributed by atoms with Crippen LogP contribution in [0.2, 0.25) is 0 Å². The Labute approximate surface area is 171 Å². The first-order valence-electron chi connectivity index (χ1n) is 8.54. The summed E-state index contributed by atoms with van der Waals surface area (Å²) >= 11 is 1.23. The second-order valence-corrected chi connectivity index (χ2v) is 7.10. The smallest absolute Gasteiger partial charge is 0.348 e. The molecule has 29 heavy (non-hydrogen) atoms. The average molecular weight is 413 g/mol. The summed E-state index contributed by atoms with van der Waals surface area (Å²) in [6.45, 7) is 1.80. The van der Waals surface area contributed by atoms with Crippen LogP contribution in [0.15, 0.2) is 30.5 Å². The maximum atomic E-state index is 12.6. The van der Waals surface area contributed by atoms with E-state index in [4.69, 9.17) is 14.2 Å². The number of phenolic OH excluding ortho intramolecular Hbond substituents is 1. The van der Waals surface area contributed by atoms with E-state index in [-0.39, 0.29) is 23.0 Å². The van der Waals surface area contributed by atoms with Gasteiger partial charge >= 0.3 is 5.97 Å². The number of nitrogens with zero attached hydrogens (tertiary/aromatic N) is 1. The molecule has 7 nitrogen and oxygen atoms in total. The first-order valence-corrected chi connectivity index (χ1v) is 9.36. The van der Waals surface area contributed by atoms with Crippen molar-refractivity contribution in [2.45, 2.75) is 6.92 Å². The molecule has 0 amide bonds. The van der Waals surface area contributed by atoms with Crippen molar-refractivity contribution < 1.29 is 28.9 Å². The lowest BCUT2D eigenvalue weighted by Crippen LogP contribution is -1.99. The van der Waals surface area contributed by atoms with Crippen molar-refractivity contribution in [3.05, 3.63) is 52.0 Å². The predicted molar refractivity (Wildman–Crippen MR) is 110 cm³/mol. The van der Waals surface area contributed by atoms with E-state index in [9.17, 15) is 14.7 Å². The molecule has 3 aromatic rings. The topological polar surface area (TPSA) is 95.0 Å². The number of carbonyl (C=O) groups is 2. The normalized spacial score (nSPS) is 11.0. The maximum absolute atomic E-state index is 12.6. The zero-order valence-electron chi connectivity index (χ0n) is 16.3. The van der Waals surface area contributed by atoms with Gasteiger partial charge in [-0.05, 0) is 42.3 Å². The minimum absolute atomic E-state index is 0.109. The summed E-state index contributed by atoms with van der Waals surface area (Å²) in [5, 5.41) is 10.7. The third kappa shape index (κ3) is 3.93. The monoisotopic (exact) mass is 413 g/mol. The number of phenols is 1. The number of esters is 1. The Morgan fingerprint density at radius 3 is 2.34 bits per heavy atom. The summed E-state index contributed by atoms with van der Waals surface area (Å²) in [4.78, 5) is 29.9. The van der Waals surface area contributed by atoms with Crippen molar-refractivity contribution in [3.8, 4) is 17.2 Å². The molecule has 2 heterocycles. The third-order valence-electron chi connectivity index (χ3n) is 4.38. The van der Waals surface area contributed by atoms with E-state index in [0.29, 0.717) is 20.8 Å².